The summed E-state index contributed by atoms with van der Waals surface area (Å²) in [4.78, 5) is 11.3. The van der Waals surface area contributed by atoms with E-state index in [-0.39, 0.29) is 18.2 Å². The maximum Gasteiger partial charge on any atom is 0.333 e. The van der Waals surface area contributed by atoms with Gasteiger partial charge < -0.3 is 9.16 Å². The van der Waals surface area contributed by atoms with Gasteiger partial charge in [-0.05, 0) is 33.4 Å². The van der Waals surface area contributed by atoms with E-state index in [1.165, 1.54) is 0 Å². The van der Waals surface area contributed by atoms with Crippen LogP contribution in [0.4, 0.5) is 0 Å². The molecule has 2 unspecified atom stereocenters. The molecule has 0 aromatic heterocycles. The van der Waals surface area contributed by atoms with Gasteiger partial charge >= 0.3 is 5.97 Å². The molecule has 4 heteroatoms. The predicted molar refractivity (Wildman–Crippen MR) is 64.4 cm³/mol. The first kappa shape index (κ1) is 14.4. The van der Waals surface area contributed by atoms with Crippen molar-refractivity contribution in [2.75, 3.05) is 0 Å². The zero-order chi connectivity index (χ0) is 12.0. The second-order valence-corrected chi connectivity index (χ2v) is 6.39. The van der Waals surface area contributed by atoms with E-state index >= 15 is 0 Å². The van der Waals surface area contributed by atoms with Crippen molar-refractivity contribution in [2.24, 2.45) is 0 Å². The van der Waals surface area contributed by atoms with E-state index in [9.17, 15) is 4.79 Å². The molecule has 88 valence electrons. The smallest absolute Gasteiger partial charge is 0.333 e. The maximum atomic E-state index is 11.3. The lowest BCUT2D eigenvalue weighted by Gasteiger charge is -2.25. The molecular formula is C11H22O3Si. The van der Waals surface area contributed by atoms with E-state index in [0.29, 0.717) is 5.57 Å². The highest BCUT2D eigenvalue weighted by atomic mass is 28.3. The number of esters is 1. The van der Waals surface area contributed by atoms with E-state index in [1.54, 1.807) is 6.92 Å². The van der Waals surface area contributed by atoms with Crippen LogP contribution in [0.5, 0.6) is 0 Å². The van der Waals surface area contributed by atoms with Crippen LogP contribution in [0.1, 0.15) is 27.2 Å². The number of carbonyl (C=O) groups excluding carboxylic acids is 1. The number of rotatable bonds is 6. The fraction of sp³-hybridized carbons (Fsp3) is 0.727. The van der Waals surface area contributed by atoms with Crippen molar-refractivity contribution in [1.82, 2.24) is 0 Å². The molecule has 0 aliphatic rings. The largest absolute Gasteiger partial charge is 0.456 e. The van der Waals surface area contributed by atoms with Crippen LogP contribution in [-0.4, -0.2) is 27.2 Å². The second-order valence-electron chi connectivity index (χ2n) is 4.02. The van der Waals surface area contributed by atoms with Crippen LogP contribution in [0.15, 0.2) is 12.2 Å². The molecule has 0 aromatic carbocycles. The van der Waals surface area contributed by atoms with Gasteiger partial charge in [-0.15, -0.1) is 0 Å². The van der Waals surface area contributed by atoms with Crippen LogP contribution in [0.25, 0.3) is 0 Å². The van der Waals surface area contributed by atoms with Gasteiger partial charge in [0.05, 0.1) is 6.10 Å². The Morgan fingerprint density at radius 1 is 1.47 bits per heavy atom. The third kappa shape index (κ3) is 5.74. The average Bonchev–Trinajstić information content (AvgIpc) is 2.11. The average molecular weight is 230 g/mol. The van der Waals surface area contributed by atoms with Crippen molar-refractivity contribution in [3.8, 4) is 0 Å². The van der Waals surface area contributed by atoms with E-state index in [0.717, 1.165) is 6.42 Å². The highest BCUT2D eigenvalue weighted by molar-refractivity contribution is 6.48. The Labute approximate surface area is 94.2 Å². The van der Waals surface area contributed by atoms with E-state index in [4.69, 9.17) is 9.16 Å². The summed E-state index contributed by atoms with van der Waals surface area (Å²) >= 11 is 0. The number of carbonyl (C=O) groups is 1. The minimum Gasteiger partial charge on any atom is -0.456 e. The summed E-state index contributed by atoms with van der Waals surface area (Å²) in [6.45, 7) is 13.3. The Morgan fingerprint density at radius 2 is 2.00 bits per heavy atom. The molecule has 0 aliphatic carbocycles. The summed E-state index contributed by atoms with van der Waals surface area (Å²) in [6.07, 6.45) is 0.579. The van der Waals surface area contributed by atoms with Gasteiger partial charge in [0.1, 0.15) is 6.10 Å². The molecule has 3 nitrogen and oxygen atoms in total. The van der Waals surface area contributed by atoms with Crippen molar-refractivity contribution in [3.05, 3.63) is 12.2 Å². The molecule has 0 aromatic rings. The lowest BCUT2D eigenvalue weighted by Crippen LogP contribution is -2.33. The second kappa shape index (κ2) is 6.79. The molecular weight excluding hydrogens is 208 g/mol. The van der Waals surface area contributed by atoms with Gasteiger partial charge in [-0.2, -0.15) is 0 Å². The van der Waals surface area contributed by atoms with Crippen LogP contribution >= 0.6 is 0 Å². The number of ether oxygens (including phenoxy) is 1. The van der Waals surface area contributed by atoms with Gasteiger partial charge in [-0.1, -0.05) is 13.5 Å². The van der Waals surface area contributed by atoms with Crippen LogP contribution in [0.3, 0.4) is 0 Å². The molecule has 0 heterocycles. The Bertz CT molecular complexity index is 226. The van der Waals surface area contributed by atoms with Crippen LogP contribution in [-0.2, 0) is 14.0 Å². The molecule has 0 radical (unpaired) electrons. The number of hydrogen-bond acceptors (Lipinski definition) is 3. The maximum absolute atomic E-state index is 11.3. The normalized spacial score (nSPS) is 14.8. The predicted octanol–water partition coefficient (Wildman–Crippen LogP) is 2.27. The van der Waals surface area contributed by atoms with Crippen LogP contribution in [0, 0.1) is 0 Å². The van der Waals surface area contributed by atoms with E-state index in [2.05, 4.69) is 19.7 Å². The fourth-order valence-corrected chi connectivity index (χ4v) is 2.30. The molecule has 0 fully saturated rings. The molecule has 0 amide bonds. The molecule has 15 heavy (non-hydrogen) atoms. The first-order chi connectivity index (χ1) is 6.88. The van der Waals surface area contributed by atoms with Gasteiger partial charge in [0, 0.05) is 5.57 Å². The summed E-state index contributed by atoms with van der Waals surface area (Å²) in [5, 5.41) is 0. The Hall–Kier alpha value is -0.613. The lowest BCUT2D eigenvalue weighted by molar-refractivity contribution is -0.148. The minimum atomic E-state index is -1.08. The van der Waals surface area contributed by atoms with Gasteiger partial charge in [-0.3, -0.25) is 0 Å². The lowest BCUT2D eigenvalue weighted by atomic mass is 10.2. The zero-order valence-electron chi connectivity index (χ0n) is 10.4. The fourth-order valence-electron chi connectivity index (χ4n) is 1.27. The summed E-state index contributed by atoms with van der Waals surface area (Å²) in [7, 11) is -1.08. The van der Waals surface area contributed by atoms with Crippen molar-refractivity contribution in [2.45, 2.75) is 52.5 Å². The standard InChI is InChI=1S/C11H22O3Si/c1-7-10(9(4)14-15(5)6)13-11(12)8(2)3/h9-10,15H,2,7H2,1,3-6H3. The molecule has 0 bridgehead atoms. The zero-order valence-corrected chi connectivity index (χ0v) is 11.5. The third-order valence-electron chi connectivity index (χ3n) is 2.02. The molecule has 0 N–H and O–H groups in total. The van der Waals surface area contributed by atoms with Crippen LogP contribution < -0.4 is 0 Å². The van der Waals surface area contributed by atoms with Crippen molar-refractivity contribution < 1.29 is 14.0 Å². The van der Waals surface area contributed by atoms with Gasteiger partial charge in [-0.25, -0.2) is 4.79 Å². The van der Waals surface area contributed by atoms with Gasteiger partial charge in [0.2, 0.25) is 0 Å². The minimum absolute atomic E-state index is 0.0232. The molecule has 0 rings (SSSR count). The molecule has 0 saturated carbocycles. The number of hydrogen-bond donors (Lipinski definition) is 0. The quantitative estimate of drug-likeness (QED) is 0.399. The molecule has 0 spiro atoms. The van der Waals surface area contributed by atoms with Crippen molar-refractivity contribution in [3.63, 3.8) is 0 Å². The van der Waals surface area contributed by atoms with Crippen molar-refractivity contribution in [1.29, 1.82) is 0 Å². The molecule has 0 saturated heterocycles. The third-order valence-corrected chi connectivity index (χ3v) is 2.99. The first-order valence-electron chi connectivity index (χ1n) is 5.40. The van der Waals surface area contributed by atoms with Gasteiger partial charge in [0.15, 0.2) is 9.04 Å². The molecule has 0 aliphatic heterocycles. The van der Waals surface area contributed by atoms with Crippen LogP contribution in [0.2, 0.25) is 13.1 Å². The summed E-state index contributed by atoms with van der Waals surface area (Å²) in [6, 6.07) is 0. The van der Waals surface area contributed by atoms with E-state index < -0.39 is 9.04 Å². The first-order valence-corrected chi connectivity index (χ1v) is 8.18. The molecule has 2 atom stereocenters. The highest BCUT2D eigenvalue weighted by Crippen LogP contribution is 2.11. The summed E-state index contributed by atoms with van der Waals surface area (Å²) < 4.78 is 11.0. The summed E-state index contributed by atoms with van der Waals surface area (Å²) in [5.74, 6) is -0.331. The summed E-state index contributed by atoms with van der Waals surface area (Å²) in [5.41, 5.74) is 0.433. The Kier molecular flexibility index (Phi) is 6.52. The van der Waals surface area contributed by atoms with Gasteiger partial charge in [0.25, 0.3) is 0 Å². The topological polar surface area (TPSA) is 35.5 Å². The monoisotopic (exact) mass is 230 g/mol. The Balaban J connectivity index is 4.23. The SMILES string of the molecule is C=C(C)C(=O)OC(CC)C(C)O[SiH](C)C. The van der Waals surface area contributed by atoms with E-state index in [1.807, 2.05) is 13.8 Å². The Morgan fingerprint density at radius 3 is 2.33 bits per heavy atom. The van der Waals surface area contributed by atoms with Crippen molar-refractivity contribution >= 4 is 15.0 Å². The highest BCUT2D eigenvalue weighted by Gasteiger charge is 2.21.